The van der Waals surface area contributed by atoms with E-state index < -0.39 is 0 Å². The molecule has 0 saturated carbocycles. The number of ether oxygens (including phenoxy) is 1. The zero-order valence-corrected chi connectivity index (χ0v) is 17.9. The van der Waals surface area contributed by atoms with Crippen molar-refractivity contribution in [1.29, 1.82) is 0 Å². The third-order valence-corrected chi connectivity index (χ3v) is 7.40. The van der Waals surface area contributed by atoms with Crippen LogP contribution in [0.4, 0.5) is 0 Å². The van der Waals surface area contributed by atoms with Gasteiger partial charge in [-0.3, -0.25) is 25.3 Å². The maximum Gasteiger partial charge on any atom is 0.269 e. The summed E-state index contributed by atoms with van der Waals surface area (Å²) < 4.78 is 5.23. The summed E-state index contributed by atoms with van der Waals surface area (Å²) in [4.78, 5) is 27.7. The van der Waals surface area contributed by atoms with Gasteiger partial charge in [-0.05, 0) is 61.7 Å². The highest BCUT2D eigenvalue weighted by Gasteiger charge is 2.46. The lowest BCUT2D eigenvalue weighted by atomic mass is 9.78. The van der Waals surface area contributed by atoms with Gasteiger partial charge in [0.05, 0.1) is 18.4 Å². The van der Waals surface area contributed by atoms with Crippen LogP contribution in [0.3, 0.4) is 0 Å². The second kappa shape index (κ2) is 9.53. The summed E-state index contributed by atoms with van der Waals surface area (Å²) in [5, 5.41) is 0.119. The van der Waals surface area contributed by atoms with E-state index in [2.05, 4.69) is 27.9 Å². The monoisotopic (exact) mass is 425 g/mol. The molecule has 3 saturated heterocycles. The van der Waals surface area contributed by atoms with Crippen LogP contribution in [0.2, 0.25) is 0 Å². The summed E-state index contributed by atoms with van der Waals surface area (Å²) in [7, 11) is 1.66. The second-order valence-electron chi connectivity index (χ2n) is 7.76. The van der Waals surface area contributed by atoms with Gasteiger partial charge in [0.2, 0.25) is 5.91 Å². The highest BCUT2D eigenvalue weighted by atomic mass is 32.2. The molecule has 6 nitrogen and oxygen atoms in total. The standard InChI is InChI=1S/C23H27N3O3S/c1-29-19-9-7-16(8-10-19)15-30-23-20(17-11-13-26(23)14-12-17)22(28)25-24-21(27)18-5-3-2-4-6-18/h2-10,17,20,23H,11-15H2,1H3,(H,24,27)(H,25,28)/t20-,23+/m0/s1. The van der Waals surface area contributed by atoms with Gasteiger partial charge in [-0.25, -0.2) is 0 Å². The quantitative estimate of drug-likeness (QED) is 0.696. The van der Waals surface area contributed by atoms with Crippen LogP contribution in [0.15, 0.2) is 54.6 Å². The number of hydrazine groups is 1. The smallest absolute Gasteiger partial charge is 0.269 e. The largest absolute Gasteiger partial charge is 0.497 e. The summed E-state index contributed by atoms with van der Waals surface area (Å²) in [5.74, 6) is 1.51. The fourth-order valence-electron chi connectivity index (χ4n) is 4.31. The van der Waals surface area contributed by atoms with Crippen LogP contribution >= 0.6 is 11.8 Å². The number of benzene rings is 2. The lowest BCUT2D eigenvalue weighted by molar-refractivity contribution is -0.133. The van der Waals surface area contributed by atoms with Crippen molar-refractivity contribution >= 4 is 23.6 Å². The van der Waals surface area contributed by atoms with Gasteiger partial charge in [-0.15, -0.1) is 11.8 Å². The van der Waals surface area contributed by atoms with Gasteiger partial charge in [0.1, 0.15) is 5.75 Å². The average Bonchev–Trinajstić information content (AvgIpc) is 2.82. The summed E-state index contributed by atoms with van der Waals surface area (Å²) in [5.41, 5.74) is 7.00. The van der Waals surface area contributed by atoms with Crippen molar-refractivity contribution in [2.24, 2.45) is 11.8 Å². The Morgan fingerprint density at radius 3 is 2.40 bits per heavy atom. The molecule has 3 heterocycles. The minimum atomic E-state index is -0.298. The highest BCUT2D eigenvalue weighted by Crippen LogP contribution is 2.42. The maximum absolute atomic E-state index is 13.0. The Kier molecular flexibility index (Phi) is 6.59. The number of nitrogens with zero attached hydrogens (tertiary/aromatic N) is 1. The summed E-state index contributed by atoms with van der Waals surface area (Å²) in [6, 6.07) is 17.0. The Hall–Kier alpha value is -2.51. The van der Waals surface area contributed by atoms with Gasteiger partial charge in [0, 0.05) is 11.3 Å². The fourth-order valence-corrected chi connectivity index (χ4v) is 5.84. The fraction of sp³-hybridized carbons (Fsp3) is 0.391. The lowest BCUT2D eigenvalue weighted by Crippen LogP contribution is -2.59. The molecule has 7 heteroatoms. The molecule has 0 unspecified atom stereocenters. The number of hydrogen-bond donors (Lipinski definition) is 2. The number of hydrogen-bond acceptors (Lipinski definition) is 5. The zero-order chi connectivity index (χ0) is 20.9. The van der Waals surface area contributed by atoms with Crippen LogP contribution in [-0.2, 0) is 10.5 Å². The molecule has 0 radical (unpaired) electrons. The lowest BCUT2D eigenvalue weighted by Gasteiger charge is -2.49. The van der Waals surface area contributed by atoms with Crippen LogP contribution < -0.4 is 15.6 Å². The van der Waals surface area contributed by atoms with E-state index in [4.69, 9.17) is 4.74 Å². The molecule has 2 aromatic rings. The van der Waals surface area contributed by atoms with Crippen LogP contribution in [0, 0.1) is 11.8 Å². The Bertz CT molecular complexity index is 867. The molecular weight excluding hydrogens is 398 g/mol. The number of fused-ring (bicyclic) bond motifs is 3. The van der Waals surface area contributed by atoms with E-state index in [1.54, 1.807) is 43.1 Å². The molecule has 0 aliphatic carbocycles. The predicted molar refractivity (Wildman–Crippen MR) is 118 cm³/mol. The van der Waals surface area contributed by atoms with Crippen molar-refractivity contribution in [2.45, 2.75) is 24.0 Å². The van der Waals surface area contributed by atoms with Crippen molar-refractivity contribution < 1.29 is 14.3 Å². The maximum atomic E-state index is 13.0. The second-order valence-corrected chi connectivity index (χ2v) is 8.86. The number of carbonyl (C=O) groups is 2. The molecule has 2 bridgehead atoms. The molecule has 30 heavy (non-hydrogen) atoms. The highest BCUT2D eigenvalue weighted by molar-refractivity contribution is 7.99. The number of piperidine rings is 3. The van der Waals surface area contributed by atoms with Crippen LogP contribution in [0.25, 0.3) is 0 Å². The number of rotatable bonds is 6. The van der Waals surface area contributed by atoms with E-state index in [1.807, 2.05) is 18.2 Å². The molecule has 0 spiro atoms. The zero-order valence-electron chi connectivity index (χ0n) is 17.0. The van der Waals surface area contributed by atoms with Crippen molar-refractivity contribution in [2.75, 3.05) is 20.2 Å². The minimum absolute atomic E-state index is 0.0964. The first kappa shape index (κ1) is 20.8. The Balaban J connectivity index is 1.39. The Morgan fingerprint density at radius 1 is 1.03 bits per heavy atom. The first-order valence-corrected chi connectivity index (χ1v) is 11.3. The van der Waals surface area contributed by atoms with Gasteiger partial charge in [0.15, 0.2) is 0 Å². The molecule has 2 aromatic carbocycles. The first-order valence-electron chi connectivity index (χ1n) is 10.3. The molecule has 3 fully saturated rings. The minimum Gasteiger partial charge on any atom is -0.497 e. The predicted octanol–water partition coefficient (Wildman–Crippen LogP) is 3.06. The van der Waals surface area contributed by atoms with E-state index in [-0.39, 0.29) is 23.1 Å². The van der Waals surface area contributed by atoms with Crippen LogP contribution in [-0.4, -0.2) is 42.3 Å². The molecule has 2 amide bonds. The summed E-state index contributed by atoms with van der Waals surface area (Å²) in [6.07, 6.45) is 2.06. The van der Waals surface area contributed by atoms with Crippen molar-refractivity contribution in [3.8, 4) is 5.75 Å². The SMILES string of the molecule is COc1ccc(CS[C@@H]2[C@H](C(=O)NNC(=O)c3ccccc3)C3CCN2CC3)cc1. The third kappa shape index (κ3) is 4.63. The van der Waals surface area contributed by atoms with Gasteiger partial charge in [0.25, 0.3) is 5.91 Å². The van der Waals surface area contributed by atoms with E-state index in [0.29, 0.717) is 11.5 Å². The van der Waals surface area contributed by atoms with Crippen LogP contribution in [0.1, 0.15) is 28.8 Å². The number of nitrogens with one attached hydrogen (secondary N) is 2. The molecule has 2 N–H and O–H groups in total. The number of amides is 2. The summed E-state index contributed by atoms with van der Waals surface area (Å²) >= 11 is 1.81. The molecule has 3 aliphatic rings. The van der Waals surface area contributed by atoms with E-state index >= 15 is 0 Å². The number of carbonyl (C=O) groups excluding carboxylic acids is 2. The van der Waals surface area contributed by atoms with Gasteiger partial charge >= 0.3 is 0 Å². The Labute approximate surface area is 181 Å². The molecule has 158 valence electrons. The Morgan fingerprint density at radius 2 is 1.73 bits per heavy atom. The van der Waals surface area contributed by atoms with Gasteiger partial charge in [-0.2, -0.15) is 0 Å². The number of thioether (sulfide) groups is 1. The first-order chi connectivity index (χ1) is 14.7. The van der Waals surface area contributed by atoms with E-state index in [0.717, 1.165) is 37.4 Å². The topological polar surface area (TPSA) is 70.7 Å². The summed E-state index contributed by atoms with van der Waals surface area (Å²) in [6.45, 7) is 2.07. The third-order valence-electron chi connectivity index (χ3n) is 5.97. The van der Waals surface area contributed by atoms with Gasteiger partial charge in [-0.1, -0.05) is 30.3 Å². The number of methoxy groups -OCH3 is 1. The molecule has 5 rings (SSSR count). The molecule has 0 aromatic heterocycles. The average molecular weight is 426 g/mol. The van der Waals surface area contributed by atoms with Crippen LogP contribution in [0.5, 0.6) is 5.75 Å². The van der Waals surface area contributed by atoms with Crippen molar-refractivity contribution in [3.05, 3.63) is 65.7 Å². The van der Waals surface area contributed by atoms with E-state index in [9.17, 15) is 9.59 Å². The molecule has 3 aliphatic heterocycles. The normalized spacial score (nSPS) is 24.8. The van der Waals surface area contributed by atoms with E-state index in [1.165, 1.54) is 5.56 Å². The molecule has 2 atom stereocenters. The van der Waals surface area contributed by atoms with Crippen molar-refractivity contribution in [3.63, 3.8) is 0 Å². The van der Waals surface area contributed by atoms with Crippen molar-refractivity contribution in [1.82, 2.24) is 15.8 Å². The van der Waals surface area contributed by atoms with Gasteiger partial charge < -0.3 is 4.74 Å². The molecular formula is C23H27N3O3S.